The lowest BCUT2D eigenvalue weighted by Gasteiger charge is -2.25. The van der Waals surface area contributed by atoms with Crippen LogP contribution in [0.2, 0.25) is 0 Å². The Balaban J connectivity index is 2.20. The average Bonchev–Trinajstić information content (AvgIpc) is 3.09. The maximum absolute atomic E-state index is 13.2. The SMILES string of the molecule is CCCCN(CC(=O)Nc1cc(C)on1)C(=O)Nc1c(C(C)C)cccc1C(C)C. The van der Waals surface area contributed by atoms with E-state index in [1.165, 1.54) is 0 Å². The van der Waals surface area contributed by atoms with Gasteiger partial charge in [0.25, 0.3) is 0 Å². The first kappa shape index (κ1) is 23.4. The van der Waals surface area contributed by atoms with Crippen molar-refractivity contribution in [3.63, 3.8) is 0 Å². The monoisotopic (exact) mass is 414 g/mol. The minimum atomic E-state index is -0.309. The molecule has 1 aromatic carbocycles. The Hall–Kier alpha value is -2.83. The number of nitrogens with one attached hydrogen (secondary N) is 2. The molecular formula is C23H34N4O3. The Morgan fingerprint density at radius 1 is 1.10 bits per heavy atom. The van der Waals surface area contributed by atoms with Gasteiger partial charge in [0.1, 0.15) is 12.3 Å². The topological polar surface area (TPSA) is 87.5 Å². The van der Waals surface area contributed by atoms with Crippen LogP contribution in [0.5, 0.6) is 0 Å². The zero-order valence-corrected chi connectivity index (χ0v) is 18.9. The van der Waals surface area contributed by atoms with E-state index in [1.54, 1.807) is 17.9 Å². The van der Waals surface area contributed by atoms with E-state index < -0.39 is 0 Å². The summed E-state index contributed by atoms with van der Waals surface area (Å²) in [5.74, 6) is 1.18. The van der Waals surface area contributed by atoms with Crippen LogP contribution < -0.4 is 10.6 Å². The molecule has 1 aromatic heterocycles. The third-order valence-corrected chi connectivity index (χ3v) is 4.90. The number of benzene rings is 1. The first-order valence-corrected chi connectivity index (χ1v) is 10.6. The molecular weight excluding hydrogens is 380 g/mol. The molecule has 0 fully saturated rings. The predicted molar refractivity (Wildman–Crippen MR) is 120 cm³/mol. The summed E-state index contributed by atoms with van der Waals surface area (Å²) < 4.78 is 4.98. The van der Waals surface area contributed by atoms with Gasteiger partial charge in [0.2, 0.25) is 5.91 Å². The number of hydrogen-bond donors (Lipinski definition) is 2. The highest BCUT2D eigenvalue weighted by atomic mass is 16.5. The van der Waals surface area contributed by atoms with Gasteiger partial charge in [-0.3, -0.25) is 4.79 Å². The van der Waals surface area contributed by atoms with Crippen LogP contribution in [0.1, 0.15) is 76.2 Å². The first-order chi connectivity index (χ1) is 14.2. The molecule has 0 radical (unpaired) electrons. The molecule has 7 heteroatoms. The summed E-state index contributed by atoms with van der Waals surface area (Å²) in [5.41, 5.74) is 3.03. The number of aryl methyl sites for hydroxylation is 1. The molecule has 2 rings (SSSR count). The number of carbonyl (C=O) groups excluding carboxylic acids is 2. The van der Waals surface area contributed by atoms with Gasteiger partial charge in [0.05, 0.1) is 0 Å². The average molecular weight is 415 g/mol. The molecule has 0 aliphatic rings. The molecule has 3 amide bonds. The van der Waals surface area contributed by atoms with Gasteiger partial charge in [-0.25, -0.2) is 4.79 Å². The zero-order valence-electron chi connectivity index (χ0n) is 18.9. The molecule has 0 aliphatic carbocycles. The van der Waals surface area contributed by atoms with E-state index in [1.807, 2.05) is 18.2 Å². The van der Waals surface area contributed by atoms with Gasteiger partial charge in [0.15, 0.2) is 5.82 Å². The van der Waals surface area contributed by atoms with Gasteiger partial charge < -0.3 is 20.1 Å². The fraction of sp³-hybridized carbons (Fsp3) is 0.522. The lowest BCUT2D eigenvalue weighted by Crippen LogP contribution is -2.41. The number of para-hydroxylation sites is 1. The van der Waals surface area contributed by atoms with Crippen LogP contribution in [0, 0.1) is 6.92 Å². The number of carbonyl (C=O) groups is 2. The molecule has 0 spiro atoms. The molecule has 0 atom stereocenters. The number of aromatic nitrogens is 1. The lowest BCUT2D eigenvalue weighted by molar-refractivity contribution is -0.116. The molecule has 0 aliphatic heterocycles. The first-order valence-electron chi connectivity index (χ1n) is 10.6. The van der Waals surface area contributed by atoms with E-state index in [9.17, 15) is 9.59 Å². The molecule has 7 nitrogen and oxygen atoms in total. The van der Waals surface area contributed by atoms with Crippen molar-refractivity contribution >= 4 is 23.4 Å². The predicted octanol–water partition coefficient (Wildman–Crippen LogP) is 5.50. The highest BCUT2D eigenvalue weighted by Gasteiger charge is 2.21. The number of urea groups is 1. The van der Waals surface area contributed by atoms with Crippen molar-refractivity contribution in [3.8, 4) is 0 Å². The number of unbranched alkanes of at least 4 members (excludes halogenated alkanes) is 1. The van der Waals surface area contributed by atoms with Crippen LogP contribution in [-0.2, 0) is 4.79 Å². The standard InChI is InChI=1S/C23H34N4O3/c1-7-8-12-27(14-21(28)24-20-13-17(6)30-26-20)23(29)25-22-18(15(2)3)10-9-11-19(22)16(4)5/h9-11,13,15-16H,7-8,12,14H2,1-6H3,(H,25,29)(H,24,26,28). The second-order valence-corrected chi connectivity index (χ2v) is 8.20. The van der Waals surface area contributed by atoms with Gasteiger partial charge in [-0.05, 0) is 36.3 Å². The van der Waals surface area contributed by atoms with E-state index in [2.05, 4.69) is 50.4 Å². The molecule has 2 N–H and O–H groups in total. The lowest BCUT2D eigenvalue weighted by atomic mass is 9.93. The normalized spacial score (nSPS) is 11.1. The second kappa shape index (κ2) is 10.8. The maximum Gasteiger partial charge on any atom is 0.322 e. The summed E-state index contributed by atoms with van der Waals surface area (Å²) in [7, 11) is 0. The Morgan fingerprint density at radius 3 is 2.23 bits per heavy atom. The van der Waals surface area contributed by atoms with Crippen LogP contribution in [0.15, 0.2) is 28.8 Å². The van der Waals surface area contributed by atoms with Crippen molar-refractivity contribution in [3.05, 3.63) is 41.2 Å². The largest absolute Gasteiger partial charge is 0.360 e. The van der Waals surface area contributed by atoms with Crippen molar-refractivity contribution in [1.29, 1.82) is 0 Å². The van der Waals surface area contributed by atoms with Crippen molar-refractivity contribution < 1.29 is 14.1 Å². The van der Waals surface area contributed by atoms with Crippen LogP contribution in [-0.4, -0.2) is 35.1 Å². The number of anilines is 2. The zero-order chi connectivity index (χ0) is 22.3. The molecule has 1 heterocycles. The van der Waals surface area contributed by atoms with Crippen molar-refractivity contribution in [1.82, 2.24) is 10.1 Å². The fourth-order valence-electron chi connectivity index (χ4n) is 3.26. The highest BCUT2D eigenvalue weighted by Crippen LogP contribution is 2.32. The minimum absolute atomic E-state index is 0.0569. The smallest absolute Gasteiger partial charge is 0.322 e. The third-order valence-electron chi connectivity index (χ3n) is 4.90. The maximum atomic E-state index is 13.2. The van der Waals surface area contributed by atoms with Crippen molar-refractivity contribution in [2.24, 2.45) is 0 Å². The number of amides is 3. The molecule has 30 heavy (non-hydrogen) atoms. The van der Waals surface area contributed by atoms with Gasteiger partial charge >= 0.3 is 6.03 Å². The van der Waals surface area contributed by atoms with Crippen LogP contribution in [0.4, 0.5) is 16.3 Å². The minimum Gasteiger partial charge on any atom is -0.360 e. The van der Waals surface area contributed by atoms with Crippen LogP contribution >= 0.6 is 0 Å². The molecule has 0 saturated carbocycles. The highest BCUT2D eigenvalue weighted by molar-refractivity contribution is 5.97. The van der Waals surface area contributed by atoms with Crippen LogP contribution in [0.3, 0.4) is 0 Å². The van der Waals surface area contributed by atoms with Gasteiger partial charge in [-0.1, -0.05) is 64.4 Å². The van der Waals surface area contributed by atoms with E-state index in [0.29, 0.717) is 18.1 Å². The number of nitrogens with zero attached hydrogens (tertiary/aromatic N) is 2. The molecule has 0 unspecified atom stereocenters. The molecule has 164 valence electrons. The summed E-state index contributed by atoms with van der Waals surface area (Å²) in [6.07, 6.45) is 1.74. The quantitative estimate of drug-likeness (QED) is 0.567. The molecule has 0 bridgehead atoms. The molecule has 0 saturated heterocycles. The Labute approximate surface area is 179 Å². The van der Waals surface area contributed by atoms with E-state index >= 15 is 0 Å². The van der Waals surface area contributed by atoms with E-state index in [0.717, 1.165) is 29.7 Å². The summed E-state index contributed by atoms with van der Waals surface area (Å²) >= 11 is 0. The Bertz CT molecular complexity index is 832. The van der Waals surface area contributed by atoms with Crippen molar-refractivity contribution in [2.45, 2.75) is 66.2 Å². The van der Waals surface area contributed by atoms with Gasteiger partial charge in [-0.15, -0.1) is 0 Å². The third kappa shape index (κ3) is 6.34. The number of hydrogen-bond acceptors (Lipinski definition) is 4. The Kier molecular flexibility index (Phi) is 8.45. The van der Waals surface area contributed by atoms with Gasteiger partial charge in [0, 0.05) is 18.3 Å². The Morgan fingerprint density at radius 2 is 1.73 bits per heavy atom. The van der Waals surface area contributed by atoms with Gasteiger partial charge in [-0.2, -0.15) is 0 Å². The second-order valence-electron chi connectivity index (χ2n) is 8.20. The summed E-state index contributed by atoms with van der Waals surface area (Å²) in [4.78, 5) is 27.2. The van der Waals surface area contributed by atoms with Crippen molar-refractivity contribution in [2.75, 3.05) is 23.7 Å². The fourth-order valence-corrected chi connectivity index (χ4v) is 3.26. The summed E-state index contributed by atoms with van der Waals surface area (Å²) in [6.45, 7) is 12.7. The summed E-state index contributed by atoms with van der Waals surface area (Å²) in [6, 6.07) is 7.49. The van der Waals surface area contributed by atoms with Crippen LogP contribution in [0.25, 0.3) is 0 Å². The van der Waals surface area contributed by atoms with E-state index in [-0.39, 0.29) is 30.3 Å². The van der Waals surface area contributed by atoms with E-state index in [4.69, 9.17) is 4.52 Å². The number of rotatable bonds is 9. The summed E-state index contributed by atoms with van der Waals surface area (Å²) in [5, 5.41) is 9.55. The molecule has 2 aromatic rings.